The lowest BCUT2D eigenvalue weighted by Gasteiger charge is -2.18. The Kier molecular flexibility index (Phi) is 2.36. The lowest BCUT2D eigenvalue weighted by molar-refractivity contribution is -0.118. The van der Waals surface area contributed by atoms with Gasteiger partial charge in [-0.05, 0) is 29.0 Å². The zero-order chi connectivity index (χ0) is 11.8. The van der Waals surface area contributed by atoms with Crippen LogP contribution in [0.4, 0.5) is 0 Å². The highest BCUT2D eigenvalue weighted by atomic mass is 16.5. The summed E-state index contributed by atoms with van der Waals surface area (Å²) in [6, 6.07) is 10.3. The van der Waals surface area contributed by atoms with Crippen LogP contribution in [0.3, 0.4) is 0 Å². The summed E-state index contributed by atoms with van der Waals surface area (Å²) in [5, 5.41) is 2.26. The lowest BCUT2D eigenvalue weighted by atomic mass is 9.87. The maximum Gasteiger partial charge on any atom is 0.137 e. The van der Waals surface area contributed by atoms with Crippen molar-refractivity contribution in [3.8, 4) is 5.75 Å². The first-order valence-electron chi connectivity index (χ1n) is 5.89. The number of aryl methyl sites for hydroxylation is 1. The summed E-state index contributed by atoms with van der Waals surface area (Å²) in [6.07, 6.45) is 2.13. The molecule has 0 spiro atoms. The highest BCUT2D eigenvalue weighted by Gasteiger charge is 2.18. The topological polar surface area (TPSA) is 26.3 Å². The van der Waals surface area contributed by atoms with Crippen molar-refractivity contribution in [1.82, 2.24) is 0 Å². The van der Waals surface area contributed by atoms with E-state index in [0.29, 0.717) is 18.6 Å². The monoisotopic (exact) mass is 226 g/mol. The van der Waals surface area contributed by atoms with E-state index in [-0.39, 0.29) is 0 Å². The highest BCUT2D eigenvalue weighted by Crippen LogP contribution is 2.32. The van der Waals surface area contributed by atoms with Gasteiger partial charge in [-0.2, -0.15) is 0 Å². The molecule has 2 heteroatoms. The van der Waals surface area contributed by atoms with Crippen LogP contribution < -0.4 is 4.74 Å². The molecule has 0 saturated carbocycles. The maximum atomic E-state index is 11.6. The van der Waals surface area contributed by atoms with E-state index in [2.05, 4.69) is 18.2 Å². The van der Waals surface area contributed by atoms with Crippen molar-refractivity contribution in [1.29, 1.82) is 0 Å². The Labute approximate surface area is 100 Å². The molecule has 0 fully saturated rings. The molecule has 2 aromatic carbocycles. The zero-order valence-electron chi connectivity index (χ0n) is 9.82. The van der Waals surface area contributed by atoms with Crippen molar-refractivity contribution < 1.29 is 9.53 Å². The molecule has 0 amide bonds. The number of carbonyl (C=O) groups is 1. The van der Waals surface area contributed by atoms with Crippen LogP contribution in [0.25, 0.3) is 10.8 Å². The Morgan fingerprint density at radius 3 is 2.76 bits per heavy atom. The molecule has 3 rings (SSSR count). The lowest BCUT2D eigenvalue weighted by Crippen LogP contribution is -2.13. The first-order chi connectivity index (χ1) is 8.29. The fourth-order valence-electron chi connectivity index (χ4n) is 2.62. The molecule has 2 nitrogen and oxygen atoms in total. The molecule has 0 radical (unpaired) electrons. The molecule has 0 heterocycles. The van der Waals surface area contributed by atoms with Crippen LogP contribution in [-0.4, -0.2) is 12.9 Å². The predicted octanol–water partition coefficient (Wildman–Crippen LogP) is 2.91. The van der Waals surface area contributed by atoms with E-state index in [0.717, 1.165) is 22.9 Å². The number of carbonyl (C=O) groups excluding carboxylic acids is 1. The number of benzene rings is 2. The van der Waals surface area contributed by atoms with Crippen molar-refractivity contribution in [2.75, 3.05) is 7.11 Å². The second-order valence-corrected chi connectivity index (χ2v) is 4.47. The molecule has 1 aliphatic carbocycles. The third kappa shape index (κ3) is 1.60. The standard InChI is InChI=1S/C15H14O2/c1-17-15-4-2-3-12-13(15)8-6-10-5-7-11(16)9-14(10)12/h2-4,6,8H,5,7,9H2,1H3. The molecule has 2 aromatic rings. The van der Waals surface area contributed by atoms with E-state index in [1.165, 1.54) is 11.1 Å². The van der Waals surface area contributed by atoms with Gasteiger partial charge in [0.2, 0.25) is 0 Å². The van der Waals surface area contributed by atoms with E-state index in [1.807, 2.05) is 12.1 Å². The summed E-state index contributed by atoms with van der Waals surface area (Å²) < 4.78 is 5.36. The minimum Gasteiger partial charge on any atom is -0.496 e. The number of Topliss-reactive ketones (excluding diaryl/α,β-unsaturated/α-hetero) is 1. The third-order valence-electron chi connectivity index (χ3n) is 3.50. The SMILES string of the molecule is COc1cccc2c3c(ccc12)CCC(=O)C3. The number of hydrogen-bond acceptors (Lipinski definition) is 2. The van der Waals surface area contributed by atoms with Crippen LogP contribution >= 0.6 is 0 Å². The second-order valence-electron chi connectivity index (χ2n) is 4.47. The van der Waals surface area contributed by atoms with Gasteiger partial charge < -0.3 is 4.74 Å². The molecule has 1 aliphatic rings. The molecule has 0 saturated heterocycles. The Bertz CT molecular complexity index is 599. The maximum absolute atomic E-state index is 11.6. The van der Waals surface area contributed by atoms with Gasteiger partial charge in [0, 0.05) is 18.2 Å². The molecular formula is C15H14O2. The van der Waals surface area contributed by atoms with Gasteiger partial charge in [-0.3, -0.25) is 4.79 Å². The van der Waals surface area contributed by atoms with Crippen LogP contribution in [0.1, 0.15) is 17.5 Å². The van der Waals surface area contributed by atoms with Crippen molar-refractivity contribution >= 4 is 16.6 Å². The van der Waals surface area contributed by atoms with Crippen LogP contribution in [0, 0.1) is 0 Å². The molecule has 0 bridgehead atoms. The van der Waals surface area contributed by atoms with Crippen molar-refractivity contribution in [2.45, 2.75) is 19.3 Å². The summed E-state index contributed by atoms with van der Waals surface area (Å²) in [5.41, 5.74) is 2.50. The van der Waals surface area contributed by atoms with Crippen LogP contribution in [-0.2, 0) is 17.6 Å². The molecule has 17 heavy (non-hydrogen) atoms. The number of ketones is 1. The molecule has 0 atom stereocenters. The Hall–Kier alpha value is -1.83. The van der Waals surface area contributed by atoms with Gasteiger partial charge in [-0.25, -0.2) is 0 Å². The molecule has 0 aromatic heterocycles. The molecule has 0 N–H and O–H groups in total. The molecular weight excluding hydrogens is 212 g/mol. The summed E-state index contributed by atoms with van der Waals surface area (Å²) in [4.78, 5) is 11.6. The number of hydrogen-bond donors (Lipinski definition) is 0. The summed E-state index contributed by atoms with van der Waals surface area (Å²) >= 11 is 0. The van der Waals surface area contributed by atoms with E-state index < -0.39 is 0 Å². The minimum atomic E-state index is 0.341. The largest absolute Gasteiger partial charge is 0.496 e. The van der Waals surface area contributed by atoms with Gasteiger partial charge in [0.1, 0.15) is 11.5 Å². The van der Waals surface area contributed by atoms with Gasteiger partial charge in [-0.1, -0.05) is 24.3 Å². The number of rotatable bonds is 1. The Balaban J connectivity index is 2.31. The molecule has 0 aliphatic heterocycles. The van der Waals surface area contributed by atoms with Gasteiger partial charge in [-0.15, -0.1) is 0 Å². The molecule has 86 valence electrons. The van der Waals surface area contributed by atoms with Crippen molar-refractivity contribution in [3.63, 3.8) is 0 Å². The van der Waals surface area contributed by atoms with Gasteiger partial charge in [0.05, 0.1) is 7.11 Å². The fraction of sp³-hybridized carbons (Fsp3) is 0.267. The van der Waals surface area contributed by atoms with Crippen molar-refractivity contribution in [2.24, 2.45) is 0 Å². The second kappa shape index (κ2) is 3.88. The van der Waals surface area contributed by atoms with E-state index in [9.17, 15) is 4.79 Å². The summed E-state index contributed by atoms with van der Waals surface area (Å²) in [6.45, 7) is 0. The van der Waals surface area contributed by atoms with Gasteiger partial charge >= 0.3 is 0 Å². The van der Waals surface area contributed by atoms with E-state index in [4.69, 9.17) is 4.74 Å². The number of ether oxygens (including phenoxy) is 1. The Morgan fingerprint density at radius 1 is 1.06 bits per heavy atom. The smallest absolute Gasteiger partial charge is 0.137 e. The van der Waals surface area contributed by atoms with Crippen LogP contribution in [0.15, 0.2) is 30.3 Å². The first kappa shape index (κ1) is 10.3. The first-order valence-corrected chi connectivity index (χ1v) is 5.89. The predicted molar refractivity (Wildman–Crippen MR) is 67.5 cm³/mol. The number of fused-ring (bicyclic) bond motifs is 3. The summed E-state index contributed by atoms with van der Waals surface area (Å²) in [7, 11) is 1.68. The average Bonchev–Trinajstić information content (AvgIpc) is 2.37. The molecule has 0 unspecified atom stereocenters. The van der Waals surface area contributed by atoms with Gasteiger partial charge in [0.25, 0.3) is 0 Å². The van der Waals surface area contributed by atoms with Crippen LogP contribution in [0.2, 0.25) is 0 Å². The van der Waals surface area contributed by atoms with Crippen LogP contribution in [0.5, 0.6) is 5.75 Å². The Morgan fingerprint density at radius 2 is 1.94 bits per heavy atom. The summed E-state index contributed by atoms with van der Waals surface area (Å²) in [5.74, 6) is 1.22. The quantitative estimate of drug-likeness (QED) is 0.747. The number of methoxy groups -OCH3 is 1. The third-order valence-corrected chi connectivity index (χ3v) is 3.50. The van der Waals surface area contributed by atoms with Gasteiger partial charge in [0.15, 0.2) is 0 Å². The van der Waals surface area contributed by atoms with Crippen molar-refractivity contribution in [3.05, 3.63) is 41.5 Å². The average molecular weight is 226 g/mol. The van der Waals surface area contributed by atoms with E-state index >= 15 is 0 Å². The van der Waals surface area contributed by atoms with E-state index in [1.54, 1.807) is 7.11 Å². The minimum absolute atomic E-state index is 0.341. The fourth-order valence-corrected chi connectivity index (χ4v) is 2.62. The highest BCUT2D eigenvalue weighted by molar-refractivity contribution is 5.96. The normalized spacial score (nSPS) is 14.8. The zero-order valence-corrected chi connectivity index (χ0v) is 9.82.